The topological polar surface area (TPSA) is 56.7 Å². The molecule has 2 aromatic carbocycles. The van der Waals surface area contributed by atoms with Crippen molar-refractivity contribution in [2.45, 2.75) is 26.2 Å². The van der Waals surface area contributed by atoms with Crippen molar-refractivity contribution in [1.82, 2.24) is 15.0 Å². The molecular weight excluding hydrogens is 248 g/mol. The number of rotatable bonds is 1. The van der Waals surface area contributed by atoms with Gasteiger partial charge in [-0.3, -0.25) is 0 Å². The number of nitrogens with zero attached hydrogens (tertiary/aromatic N) is 3. The highest BCUT2D eigenvalue weighted by Crippen LogP contribution is 2.30. The number of aromatic nitrogens is 3. The van der Waals surface area contributed by atoms with Gasteiger partial charge in [0.05, 0.1) is 11.4 Å². The minimum atomic E-state index is -0.121. The van der Waals surface area contributed by atoms with Crippen LogP contribution in [0.5, 0.6) is 0 Å². The van der Waals surface area contributed by atoms with Crippen molar-refractivity contribution in [2.75, 3.05) is 5.73 Å². The maximum Gasteiger partial charge on any atom is 0.170 e. The standard InChI is InChI=1S/C16H18N4/c1-16(2,3)14-15(17)18-19-20(14)13-10-6-8-11-7-4-5-9-12(11)13/h4-10H,17H2,1-3H3. The number of hydrogen-bond acceptors (Lipinski definition) is 3. The second-order valence-electron chi connectivity index (χ2n) is 5.98. The first-order valence-electron chi connectivity index (χ1n) is 6.68. The molecular formula is C16H18N4. The number of benzene rings is 2. The molecule has 0 atom stereocenters. The first kappa shape index (κ1) is 12.7. The van der Waals surface area contributed by atoms with E-state index in [1.165, 1.54) is 5.39 Å². The molecule has 0 aliphatic carbocycles. The molecule has 3 aromatic rings. The third kappa shape index (κ3) is 1.93. The van der Waals surface area contributed by atoms with Crippen LogP contribution < -0.4 is 5.73 Å². The van der Waals surface area contributed by atoms with E-state index in [4.69, 9.17) is 5.73 Å². The SMILES string of the molecule is CC(C)(C)c1c(N)nnn1-c1cccc2ccccc12. The van der Waals surface area contributed by atoms with E-state index in [-0.39, 0.29) is 5.41 Å². The van der Waals surface area contributed by atoms with Crippen molar-refractivity contribution >= 4 is 16.6 Å². The summed E-state index contributed by atoms with van der Waals surface area (Å²) in [4.78, 5) is 0. The van der Waals surface area contributed by atoms with Gasteiger partial charge in [0.15, 0.2) is 5.82 Å². The number of fused-ring (bicyclic) bond motifs is 1. The lowest BCUT2D eigenvalue weighted by atomic mass is 9.91. The fourth-order valence-corrected chi connectivity index (χ4v) is 2.56. The Morgan fingerprint density at radius 3 is 2.45 bits per heavy atom. The molecule has 0 spiro atoms. The van der Waals surface area contributed by atoms with Crippen LogP contribution in [0, 0.1) is 0 Å². The summed E-state index contributed by atoms with van der Waals surface area (Å²) < 4.78 is 1.86. The van der Waals surface area contributed by atoms with Gasteiger partial charge in [-0.05, 0) is 11.5 Å². The summed E-state index contributed by atoms with van der Waals surface area (Å²) in [6.45, 7) is 6.34. The minimum absolute atomic E-state index is 0.121. The van der Waals surface area contributed by atoms with Gasteiger partial charge in [0.1, 0.15) is 0 Å². The highest BCUT2D eigenvalue weighted by atomic mass is 15.4. The van der Waals surface area contributed by atoms with Crippen molar-refractivity contribution in [3.8, 4) is 5.69 Å². The van der Waals surface area contributed by atoms with E-state index in [0.29, 0.717) is 5.82 Å². The summed E-state index contributed by atoms with van der Waals surface area (Å²) >= 11 is 0. The molecule has 0 aliphatic rings. The molecule has 1 aromatic heterocycles. The predicted molar refractivity (Wildman–Crippen MR) is 82.0 cm³/mol. The summed E-state index contributed by atoms with van der Waals surface area (Å²) in [6, 6.07) is 14.4. The molecule has 2 N–H and O–H groups in total. The lowest BCUT2D eigenvalue weighted by Gasteiger charge is -2.20. The smallest absolute Gasteiger partial charge is 0.170 e. The van der Waals surface area contributed by atoms with E-state index in [9.17, 15) is 0 Å². The van der Waals surface area contributed by atoms with Crippen LogP contribution in [0.15, 0.2) is 42.5 Å². The molecule has 20 heavy (non-hydrogen) atoms. The molecule has 0 saturated heterocycles. The lowest BCUT2D eigenvalue weighted by molar-refractivity contribution is 0.545. The van der Waals surface area contributed by atoms with Crippen molar-refractivity contribution in [3.05, 3.63) is 48.2 Å². The van der Waals surface area contributed by atoms with Crippen LogP contribution in [0.3, 0.4) is 0 Å². The summed E-state index contributed by atoms with van der Waals surface area (Å²) in [5, 5.41) is 10.6. The Morgan fingerprint density at radius 2 is 1.70 bits per heavy atom. The molecule has 0 aliphatic heterocycles. The van der Waals surface area contributed by atoms with E-state index >= 15 is 0 Å². The Balaban J connectivity index is 2.33. The van der Waals surface area contributed by atoms with Gasteiger partial charge in [-0.1, -0.05) is 62.4 Å². The van der Waals surface area contributed by atoms with Crippen molar-refractivity contribution in [2.24, 2.45) is 0 Å². The van der Waals surface area contributed by atoms with Gasteiger partial charge in [0.25, 0.3) is 0 Å². The summed E-state index contributed by atoms with van der Waals surface area (Å²) in [5.41, 5.74) is 7.84. The maximum atomic E-state index is 6.01. The fourth-order valence-electron chi connectivity index (χ4n) is 2.56. The zero-order chi connectivity index (χ0) is 14.3. The van der Waals surface area contributed by atoms with Crippen LogP contribution in [-0.2, 0) is 5.41 Å². The first-order valence-corrected chi connectivity index (χ1v) is 6.68. The van der Waals surface area contributed by atoms with Gasteiger partial charge >= 0.3 is 0 Å². The molecule has 102 valence electrons. The molecule has 0 amide bonds. The highest BCUT2D eigenvalue weighted by molar-refractivity contribution is 5.90. The van der Waals surface area contributed by atoms with Gasteiger partial charge in [0.2, 0.25) is 0 Å². The van der Waals surface area contributed by atoms with E-state index < -0.39 is 0 Å². The first-order chi connectivity index (χ1) is 9.48. The Bertz CT molecular complexity index is 760. The number of anilines is 1. The van der Waals surface area contributed by atoms with Gasteiger partial charge in [-0.25, -0.2) is 4.68 Å². The summed E-state index contributed by atoms with van der Waals surface area (Å²) in [7, 11) is 0. The Hall–Kier alpha value is -2.36. The van der Waals surface area contributed by atoms with E-state index in [1.54, 1.807) is 0 Å². The van der Waals surface area contributed by atoms with Crippen LogP contribution >= 0.6 is 0 Å². The Kier molecular flexibility index (Phi) is 2.74. The fraction of sp³-hybridized carbons (Fsp3) is 0.250. The maximum absolute atomic E-state index is 6.01. The molecule has 0 fully saturated rings. The zero-order valence-corrected chi connectivity index (χ0v) is 12.0. The quantitative estimate of drug-likeness (QED) is 0.735. The largest absolute Gasteiger partial charge is 0.381 e. The Morgan fingerprint density at radius 1 is 1.00 bits per heavy atom. The minimum Gasteiger partial charge on any atom is -0.381 e. The second-order valence-corrected chi connectivity index (χ2v) is 5.98. The molecule has 0 saturated carbocycles. The molecule has 1 heterocycles. The van der Waals surface area contributed by atoms with E-state index in [0.717, 1.165) is 16.8 Å². The van der Waals surface area contributed by atoms with Crippen molar-refractivity contribution < 1.29 is 0 Å². The summed E-state index contributed by atoms with van der Waals surface area (Å²) in [5.74, 6) is 0.491. The molecule has 0 bridgehead atoms. The number of nitrogen functional groups attached to an aromatic ring is 1. The molecule has 4 heteroatoms. The van der Waals surface area contributed by atoms with Gasteiger partial charge < -0.3 is 5.73 Å². The third-order valence-corrected chi connectivity index (χ3v) is 3.40. The van der Waals surface area contributed by atoms with Gasteiger partial charge in [-0.15, -0.1) is 5.10 Å². The average Bonchev–Trinajstić information content (AvgIpc) is 2.80. The summed E-state index contributed by atoms with van der Waals surface area (Å²) in [6.07, 6.45) is 0. The molecule has 0 radical (unpaired) electrons. The molecule has 3 rings (SSSR count). The monoisotopic (exact) mass is 266 g/mol. The average molecular weight is 266 g/mol. The van der Waals surface area contributed by atoms with Crippen LogP contribution in [-0.4, -0.2) is 15.0 Å². The zero-order valence-electron chi connectivity index (χ0n) is 12.0. The van der Waals surface area contributed by atoms with E-state index in [2.05, 4.69) is 49.3 Å². The van der Waals surface area contributed by atoms with Crippen LogP contribution in [0.1, 0.15) is 26.5 Å². The van der Waals surface area contributed by atoms with Crippen LogP contribution in [0.2, 0.25) is 0 Å². The van der Waals surface area contributed by atoms with Crippen LogP contribution in [0.25, 0.3) is 16.5 Å². The van der Waals surface area contributed by atoms with Crippen molar-refractivity contribution in [3.63, 3.8) is 0 Å². The molecule has 0 unspecified atom stereocenters. The third-order valence-electron chi connectivity index (χ3n) is 3.40. The molecule has 4 nitrogen and oxygen atoms in total. The number of nitrogens with two attached hydrogens (primary N) is 1. The number of hydrogen-bond donors (Lipinski definition) is 1. The van der Waals surface area contributed by atoms with Gasteiger partial charge in [0, 0.05) is 10.8 Å². The normalized spacial score (nSPS) is 11.9. The van der Waals surface area contributed by atoms with Crippen LogP contribution in [0.4, 0.5) is 5.82 Å². The van der Waals surface area contributed by atoms with Crippen molar-refractivity contribution in [1.29, 1.82) is 0 Å². The Labute approximate surface area is 118 Å². The van der Waals surface area contributed by atoms with Gasteiger partial charge in [-0.2, -0.15) is 0 Å². The highest BCUT2D eigenvalue weighted by Gasteiger charge is 2.25. The predicted octanol–water partition coefficient (Wildman–Crippen LogP) is 3.30. The second kappa shape index (κ2) is 4.34. The van der Waals surface area contributed by atoms with E-state index in [1.807, 2.05) is 28.9 Å². The lowest BCUT2D eigenvalue weighted by Crippen LogP contribution is -2.19.